The van der Waals surface area contributed by atoms with Crippen LogP contribution in [0, 0.1) is 11.6 Å². The van der Waals surface area contributed by atoms with Crippen LogP contribution in [0.2, 0.25) is 0 Å². The second-order valence-electron chi connectivity index (χ2n) is 5.07. The Morgan fingerprint density at radius 2 is 2.19 bits per heavy atom. The van der Waals surface area contributed by atoms with Crippen molar-refractivity contribution in [2.24, 2.45) is 0 Å². The Kier molecular flexibility index (Phi) is 5.58. The van der Waals surface area contributed by atoms with Crippen LogP contribution in [-0.2, 0) is 4.74 Å². The molecule has 5 nitrogen and oxygen atoms in total. The molecule has 21 heavy (non-hydrogen) atoms. The Bertz CT molecular complexity index is 491. The third-order valence-corrected chi connectivity index (χ3v) is 3.56. The van der Waals surface area contributed by atoms with Crippen molar-refractivity contribution in [2.75, 3.05) is 33.4 Å². The Hall–Kier alpha value is -1.60. The van der Waals surface area contributed by atoms with E-state index in [0.29, 0.717) is 12.7 Å². The molecule has 1 saturated heterocycles. The number of pyridine rings is 1. The predicted molar refractivity (Wildman–Crippen MR) is 73.0 cm³/mol. The Labute approximate surface area is 122 Å². The molecule has 0 spiro atoms. The van der Waals surface area contributed by atoms with Crippen molar-refractivity contribution in [1.29, 1.82) is 0 Å². The van der Waals surface area contributed by atoms with E-state index in [1.165, 1.54) is 0 Å². The number of piperidine rings is 1. The zero-order chi connectivity index (χ0) is 15.2. The molecule has 0 aromatic carbocycles. The molecule has 0 aliphatic carbocycles. The van der Waals surface area contributed by atoms with Crippen molar-refractivity contribution >= 4 is 5.91 Å². The molecule has 0 atom stereocenters. The minimum atomic E-state index is -0.940. The summed E-state index contributed by atoms with van der Waals surface area (Å²) in [6.45, 7) is 3.26. The maximum Gasteiger partial charge on any atom is 0.273 e. The second-order valence-corrected chi connectivity index (χ2v) is 5.07. The molecule has 0 bridgehead atoms. The van der Waals surface area contributed by atoms with Gasteiger partial charge in [0.2, 0.25) is 0 Å². The average Bonchev–Trinajstić information content (AvgIpc) is 2.46. The van der Waals surface area contributed by atoms with Gasteiger partial charge in [0.25, 0.3) is 5.91 Å². The first-order valence-corrected chi connectivity index (χ1v) is 6.93. The van der Waals surface area contributed by atoms with Crippen LogP contribution in [0.4, 0.5) is 8.78 Å². The third-order valence-electron chi connectivity index (χ3n) is 3.56. The summed E-state index contributed by atoms with van der Waals surface area (Å²) in [5.74, 6) is -2.33. The van der Waals surface area contributed by atoms with E-state index >= 15 is 0 Å². The number of amides is 1. The molecule has 0 radical (unpaired) electrons. The third kappa shape index (κ3) is 4.44. The van der Waals surface area contributed by atoms with Gasteiger partial charge in [0.15, 0.2) is 11.5 Å². The largest absolute Gasteiger partial charge is 0.383 e. The summed E-state index contributed by atoms with van der Waals surface area (Å²) in [5, 5.41) is 2.75. The smallest absolute Gasteiger partial charge is 0.273 e. The first-order chi connectivity index (χ1) is 10.1. The molecule has 116 valence electrons. The molecular formula is C14H19F2N3O2. The highest BCUT2D eigenvalue weighted by Crippen LogP contribution is 2.12. The van der Waals surface area contributed by atoms with Crippen LogP contribution in [-0.4, -0.2) is 55.2 Å². The number of hydrogen-bond acceptors (Lipinski definition) is 4. The molecule has 7 heteroatoms. The topological polar surface area (TPSA) is 54.5 Å². The maximum atomic E-state index is 13.5. The van der Waals surface area contributed by atoms with E-state index in [1.54, 1.807) is 7.11 Å². The van der Waals surface area contributed by atoms with E-state index in [-0.39, 0.29) is 11.7 Å². The first kappa shape index (κ1) is 15.8. The number of carbonyl (C=O) groups excluding carboxylic acids is 1. The standard InChI is InChI=1S/C14H19F2N3O2/c1-21-7-6-19-4-2-11(3-5-19)18-14(20)13-12(16)8-10(15)9-17-13/h8-9,11H,2-7H2,1H3,(H,18,20). The number of hydrogen-bond donors (Lipinski definition) is 1. The Morgan fingerprint density at radius 3 is 2.81 bits per heavy atom. The zero-order valence-corrected chi connectivity index (χ0v) is 11.9. The van der Waals surface area contributed by atoms with Crippen molar-refractivity contribution in [3.63, 3.8) is 0 Å². The average molecular weight is 299 g/mol. The van der Waals surface area contributed by atoms with Gasteiger partial charge in [-0.2, -0.15) is 0 Å². The fourth-order valence-corrected chi connectivity index (χ4v) is 2.36. The van der Waals surface area contributed by atoms with Gasteiger partial charge in [0, 0.05) is 38.9 Å². The van der Waals surface area contributed by atoms with Gasteiger partial charge in [-0.05, 0) is 12.8 Å². The number of nitrogens with one attached hydrogen (secondary N) is 1. The molecule has 1 aromatic rings. The monoisotopic (exact) mass is 299 g/mol. The number of likely N-dealkylation sites (tertiary alicyclic amines) is 1. The summed E-state index contributed by atoms with van der Waals surface area (Å²) < 4.78 is 31.3. The van der Waals surface area contributed by atoms with Crippen molar-refractivity contribution in [1.82, 2.24) is 15.2 Å². The first-order valence-electron chi connectivity index (χ1n) is 6.93. The highest BCUT2D eigenvalue weighted by atomic mass is 19.1. The maximum absolute atomic E-state index is 13.5. The molecule has 0 unspecified atom stereocenters. The van der Waals surface area contributed by atoms with Gasteiger partial charge < -0.3 is 15.0 Å². The molecular weight excluding hydrogens is 280 g/mol. The van der Waals surface area contributed by atoms with Gasteiger partial charge in [-0.15, -0.1) is 0 Å². The molecule has 1 fully saturated rings. The number of aromatic nitrogens is 1. The molecule has 1 aliphatic heterocycles. The van der Waals surface area contributed by atoms with Crippen LogP contribution in [0.25, 0.3) is 0 Å². The van der Waals surface area contributed by atoms with Crippen LogP contribution >= 0.6 is 0 Å². The van der Waals surface area contributed by atoms with E-state index in [1.807, 2.05) is 0 Å². The summed E-state index contributed by atoms with van der Waals surface area (Å²) in [6.07, 6.45) is 2.42. The number of rotatable bonds is 5. The second kappa shape index (κ2) is 7.42. The van der Waals surface area contributed by atoms with E-state index in [0.717, 1.165) is 38.7 Å². The number of halogens is 2. The molecule has 2 heterocycles. The van der Waals surface area contributed by atoms with E-state index in [4.69, 9.17) is 4.74 Å². The molecule has 1 aromatic heterocycles. The number of nitrogens with zero attached hydrogens (tertiary/aromatic N) is 2. The lowest BCUT2D eigenvalue weighted by atomic mass is 10.0. The lowest BCUT2D eigenvalue weighted by molar-refractivity contribution is 0.0883. The Balaban J connectivity index is 1.84. The fraction of sp³-hybridized carbons (Fsp3) is 0.571. The molecule has 2 rings (SSSR count). The van der Waals surface area contributed by atoms with Crippen LogP contribution in [0.5, 0.6) is 0 Å². The van der Waals surface area contributed by atoms with Crippen LogP contribution < -0.4 is 5.32 Å². The summed E-state index contributed by atoms with van der Waals surface area (Å²) in [5.41, 5.74) is -0.363. The van der Waals surface area contributed by atoms with E-state index in [2.05, 4.69) is 15.2 Å². The van der Waals surface area contributed by atoms with Crippen molar-refractivity contribution in [3.8, 4) is 0 Å². The number of methoxy groups -OCH3 is 1. The lowest BCUT2D eigenvalue weighted by Gasteiger charge is -2.32. The Morgan fingerprint density at radius 1 is 1.48 bits per heavy atom. The van der Waals surface area contributed by atoms with E-state index in [9.17, 15) is 13.6 Å². The van der Waals surface area contributed by atoms with Gasteiger partial charge in [0.05, 0.1) is 12.8 Å². The van der Waals surface area contributed by atoms with Crippen LogP contribution in [0.1, 0.15) is 23.3 Å². The summed E-state index contributed by atoms with van der Waals surface area (Å²) in [6, 6.07) is 0.650. The number of ether oxygens (including phenoxy) is 1. The van der Waals surface area contributed by atoms with Crippen molar-refractivity contribution < 1.29 is 18.3 Å². The quantitative estimate of drug-likeness (QED) is 0.887. The summed E-state index contributed by atoms with van der Waals surface area (Å²) in [7, 11) is 1.66. The zero-order valence-electron chi connectivity index (χ0n) is 11.9. The van der Waals surface area contributed by atoms with Gasteiger partial charge in [0.1, 0.15) is 5.82 Å². The van der Waals surface area contributed by atoms with E-state index < -0.39 is 17.5 Å². The van der Waals surface area contributed by atoms with Crippen molar-refractivity contribution in [2.45, 2.75) is 18.9 Å². The minimum absolute atomic E-state index is 0.0115. The van der Waals surface area contributed by atoms with Crippen molar-refractivity contribution in [3.05, 3.63) is 29.6 Å². The summed E-state index contributed by atoms with van der Waals surface area (Å²) >= 11 is 0. The molecule has 1 aliphatic rings. The number of carbonyl (C=O) groups is 1. The summed E-state index contributed by atoms with van der Waals surface area (Å²) in [4.78, 5) is 17.7. The minimum Gasteiger partial charge on any atom is -0.383 e. The van der Waals surface area contributed by atoms with Gasteiger partial charge in [-0.25, -0.2) is 13.8 Å². The van der Waals surface area contributed by atoms with Gasteiger partial charge in [-0.1, -0.05) is 0 Å². The van der Waals surface area contributed by atoms with Crippen LogP contribution in [0.3, 0.4) is 0 Å². The highest BCUT2D eigenvalue weighted by Gasteiger charge is 2.22. The lowest BCUT2D eigenvalue weighted by Crippen LogP contribution is -2.45. The predicted octanol–water partition coefficient (Wildman–Crippen LogP) is 1.20. The highest BCUT2D eigenvalue weighted by molar-refractivity contribution is 5.92. The van der Waals surface area contributed by atoms with Crippen LogP contribution in [0.15, 0.2) is 12.3 Å². The van der Waals surface area contributed by atoms with Gasteiger partial charge >= 0.3 is 0 Å². The molecule has 1 N–H and O–H groups in total. The van der Waals surface area contributed by atoms with Gasteiger partial charge in [-0.3, -0.25) is 4.79 Å². The normalized spacial score (nSPS) is 16.9. The molecule has 1 amide bonds. The SMILES string of the molecule is COCCN1CCC(NC(=O)c2ncc(F)cc2F)CC1. The fourth-order valence-electron chi connectivity index (χ4n) is 2.36. The molecule has 0 saturated carbocycles.